The molecule has 2 fully saturated rings. The van der Waals surface area contributed by atoms with Gasteiger partial charge in [0.15, 0.2) is 0 Å². The number of hydrogen-bond donors (Lipinski definition) is 1. The molecule has 0 spiro atoms. The highest BCUT2D eigenvalue weighted by molar-refractivity contribution is 6.27. The van der Waals surface area contributed by atoms with E-state index >= 15 is 0 Å². The van der Waals surface area contributed by atoms with Gasteiger partial charge in [-0.25, -0.2) is 0 Å². The molecule has 6 heteroatoms. The molecule has 1 N–H and O–H groups in total. The van der Waals surface area contributed by atoms with Crippen molar-refractivity contribution in [3.8, 4) is 0 Å². The third kappa shape index (κ3) is 4.57. The predicted octanol–water partition coefficient (Wildman–Crippen LogP) is 3.03. The summed E-state index contributed by atoms with van der Waals surface area (Å²) in [4.78, 5) is 26.1. The molecule has 1 saturated carbocycles. The fourth-order valence-electron chi connectivity index (χ4n) is 4.01. The molecular weight excluding hydrogens is 352 g/mol. The van der Waals surface area contributed by atoms with E-state index in [1.165, 1.54) is 0 Å². The Morgan fingerprint density at radius 2 is 1.81 bits per heavy atom. The van der Waals surface area contributed by atoms with Crippen LogP contribution in [0.25, 0.3) is 0 Å². The number of alkyl halides is 1. The normalized spacial score (nSPS) is 28.5. The fraction of sp³-hybridized carbons (Fsp3) is 0.600. The van der Waals surface area contributed by atoms with Gasteiger partial charge in [0.1, 0.15) is 12.0 Å². The largest absolute Gasteiger partial charge is 0.360 e. The van der Waals surface area contributed by atoms with Crippen LogP contribution in [0.5, 0.6) is 0 Å². The van der Waals surface area contributed by atoms with E-state index in [1.54, 1.807) is 0 Å². The maximum atomic E-state index is 12.8. The summed E-state index contributed by atoms with van der Waals surface area (Å²) in [5, 5.41) is 2.94. The first kappa shape index (κ1) is 19.2. The Hall–Kier alpha value is -1.59. The maximum absolute atomic E-state index is 12.8. The van der Waals surface area contributed by atoms with Crippen molar-refractivity contribution < 1.29 is 14.3 Å². The van der Waals surface area contributed by atoms with Crippen molar-refractivity contribution in [1.82, 2.24) is 10.2 Å². The number of nitrogens with zero attached hydrogens (tertiary/aromatic N) is 1. The van der Waals surface area contributed by atoms with Crippen molar-refractivity contribution in [3.63, 3.8) is 0 Å². The molecule has 1 aromatic carbocycles. The molecule has 1 aliphatic carbocycles. The second-order valence-corrected chi connectivity index (χ2v) is 7.52. The van der Waals surface area contributed by atoms with E-state index in [-0.39, 0.29) is 42.0 Å². The van der Waals surface area contributed by atoms with Gasteiger partial charge in [0.2, 0.25) is 5.91 Å². The highest BCUT2D eigenvalue weighted by Gasteiger charge is 2.36. The second kappa shape index (κ2) is 8.87. The lowest BCUT2D eigenvalue weighted by Gasteiger charge is -2.36. The molecule has 1 heterocycles. The van der Waals surface area contributed by atoms with Gasteiger partial charge >= 0.3 is 0 Å². The van der Waals surface area contributed by atoms with Crippen molar-refractivity contribution in [3.05, 3.63) is 35.9 Å². The van der Waals surface area contributed by atoms with E-state index in [4.69, 9.17) is 16.3 Å². The van der Waals surface area contributed by atoms with Gasteiger partial charge in [0.25, 0.3) is 5.91 Å². The minimum Gasteiger partial charge on any atom is -0.360 e. The lowest BCUT2D eigenvalue weighted by atomic mass is 9.90. The molecule has 2 amide bonds. The Labute approximate surface area is 160 Å². The van der Waals surface area contributed by atoms with Gasteiger partial charge in [-0.05, 0) is 44.1 Å². The van der Waals surface area contributed by atoms with E-state index in [1.807, 2.05) is 30.1 Å². The molecule has 0 aromatic heterocycles. The fourth-order valence-corrected chi connectivity index (χ4v) is 4.09. The lowest BCUT2D eigenvalue weighted by Crippen LogP contribution is -2.47. The van der Waals surface area contributed by atoms with Crippen LogP contribution < -0.4 is 5.32 Å². The average Bonchev–Trinajstić information content (AvgIpc) is 3.18. The van der Waals surface area contributed by atoms with Crippen molar-refractivity contribution >= 4 is 23.4 Å². The molecular formula is C20H27ClN2O3. The van der Waals surface area contributed by atoms with Crippen LogP contribution in [0.2, 0.25) is 0 Å². The average molecular weight is 379 g/mol. The number of halogens is 1. The maximum Gasteiger partial charge on any atom is 0.251 e. The van der Waals surface area contributed by atoms with Crippen LogP contribution in [0.15, 0.2) is 30.3 Å². The Balaban J connectivity index is 1.49. The number of nitrogens with one attached hydrogen (secondary N) is 1. The van der Waals surface area contributed by atoms with Crippen LogP contribution in [0.4, 0.5) is 0 Å². The van der Waals surface area contributed by atoms with Crippen LogP contribution in [-0.4, -0.2) is 47.8 Å². The lowest BCUT2D eigenvalue weighted by molar-refractivity contribution is -0.144. The SMILES string of the molecule is CN(C(=O)[C@@H]1CC[C@H](c2ccccc2)O1)C1CCC(NC(=O)CCl)CC1. The monoisotopic (exact) mass is 378 g/mol. The number of rotatable bonds is 5. The molecule has 3 rings (SSSR count). The zero-order chi connectivity index (χ0) is 18.5. The molecule has 5 nitrogen and oxygen atoms in total. The smallest absolute Gasteiger partial charge is 0.251 e. The van der Waals surface area contributed by atoms with Crippen LogP contribution >= 0.6 is 11.6 Å². The predicted molar refractivity (Wildman–Crippen MR) is 101 cm³/mol. The highest BCUT2D eigenvalue weighted by Crippen LogP contribution is 2.34. The van der Waals surface area contributed by atoms with Gasteiger partial charge in [0, 0.05) is 19.1 Å². The van der Waals surface area contributed by atoms with Gasteiger partial charge in [-0.1, -0.05) is 30.3 Å². The van der Waals surface area contributed by atoms with Gasteiger partial charge in [-0.2, -0.15) is 0 Å². The van der Waals surface area contributed by atoms with Crippen LogP contribution in [0, 0.1) is 0 Å². The molecule has 26 heavy (non-hydrogen) atoms. The minimum absolute atomic E-state index is 0.0000822. The molecule has 142 valence electrons. The van der Waals surface area contributed by atoms with Crippen LogP contribution in [0.3, 0.4) is 0 Å². The summed E-state index contributed by atoms with van der Waals surface area (Å²) in [6.07, 6.45) is 4.86. The molecule has 1 aliphatic heterocycles. The van der Waals surface area contributed by atoms with Crippen molar-refractivity contribution in [2.24, 2.45) is 0 Å². The zero-order valence-electron chi connectivity index (χ0n) is 15.2. The first-order valence-corrected chi connectivity index (χ1v) is 9.94. The van der Waals surface area contributed by atoms with E-state index in [0.717, 1.165) is 44.1 Å². The van der Waals surface area contributed by atoms with Crippen molar-refractivity contribution in [2.75, 3.05) is 12.9 Å². The van der Waals surface area contributed by atoms with Gasteiger partial charge in [-0.15, -0.1) is 11.6 Å². The summed E-state index contributed by atoms with van der Waals surface area (Å²) < 4.78 is 6.05. The van der Waals surface area contributed by atoms with Crippen LogP contribution in [-0.2, 0) is 14.3 Å². The number of benzene rings is 1. The van der Waals surface area contributed by atoms with Gasteiger partial charge < -0.3 is 15.0 Å². The Bertz CT molecular complexity index is 617. The summed E-state index contributed by atoms with van der Waals surface area (Å²) in [5.74, 6) is -0.0394. The summed E-state index contributed by atoms with van der Waals surface area (Å²) in [6.45, 7) is 0. The molecule has 0 bridgehead atoms. The molecule has 1 aromatic rings. The standard InChI is InChI=1S/C20H27ClN2O3/c1-23(16-9-7-15(8-10-16)22-19(24)13-21)20(25)18-12-11-17(26-18)14-5-3-2-4-6-14/h2-6,15-18H,7-13H2,1H3,(H,22,24)/t15?,16?,17-,18+/m1/s1. The quantitative estimate of drug-likeness (QED) is 0.801. The topological polar surface area (TPSA) is 58.6 Å². The third-order valence-electron chi connectivity index (χ3n) is 5.54. The molecule has 1 saturated heterocycles. The summed E-state index contributed by atoms with van der Waals surface area (Å²) in [5.41, 5.74) is 1.14. The molecule has 0 radical (unpaired) electrons. The minimum atomic E-state index is -0.348. The van der Waals surface area contributed by atoms with Crippen molar-refractivity contribution in [2.45, 2.75) is 62.8 Å². The number of ether oxygens (including phenoxy) is 1. The Morgan fingerprint density at radius 3 is 2.46 bits per heavy atom. The summed E-state index contributed by atoms with van der Waals surface area (Å²) in [7, 11) is 1.88. The Morgan fingerprint density at radius 1 is 1.12 bits per heavy atom. The van der Waals surface area contributed by atoms with Crippen LogP contribution in [0.1, 0.15) is 50.2 Å². The Kier molecular flexibility index (Phi) is 6.54. The van der Waals surface area contributed by atoms with Gasteiger partial charge in [-0.3, -0.25) is 9.59 Å². The number of hydrogen-bond acceptors (Lipinski definition) is 3. The number of likely N-dealkylation sites (N-methyl/N-ethyl adjacent to an activating group) is 1. The van der Waals surface area contributed by atoms with E-state index in [9.17, 15) is 9.59 Å². The molecule has 2 atom stereocenters. The first-order valence-electron chi connectivity index (χ1n) is 9.41. The van der Waals surface area contributed by atoms with E-state index in [0.29, 0.717) is 0 Å². The molecule has 0 unspecified atom stereocenters. The van der Waals surface area contributed by atoms with E-state index in [2.05, 4.69) is 17.4 Å². The molecule has 2 aliphatic rings. The summed E-state index contributed by atoms with van der Waals surface area (Å²) >= 11 is 5.54. The second-order valence-electron chi connectivity index (χ2n) is 7.26. The number of carbonyl (C=O) groups excluding carboxylic acids is 2. The highest BCUT2D eigenvalue weighted by atomic mass is 35.5. The zero-order valence-corrected chi connectivity index (χ0v) is 16.0. The van der Waals surface area contributed by atoms with Gasteiger partial charge in [0.05, 0.1) is 6.10 Å². The first-order chi connectivity index (χ1) is 12.6. The van der Waals surface area contributed by atoms with Crippen molar-refractivity contribution in [1.29, 1.82) is 0 Å². The summed E-state index contributed by atoms with van der Waals surface area (Å²) in [6, 6.07) is 10.5. The number of carbonyl (C=O) groups is 2. The van der Waals surface area contributed by atoms with E-state index < -0.39 is 0 Å². The third-order valence-corrected chi connectivity index (χ3v) is 5.79. The number of amides is 2.